The van der Waals surface area contributed by atoms with Crippen LogP contribution in [-0.2, 0) is 4.79 Å². The first-order chi connectivity index (χ1) is 4.93. The van der Waals surface area contributed by atoms with Gasteiger partial charge in [-0.2, -0.15) is 0 Å². The average Bonchev–Trinajstić information content (AvgIpc) is 1.87. The molecule has 1 aliphatic rings. The lowest BCUT2D eigenvalue weighted by atomic mass is 9.96. The smallest absolute Gasteiger partial charge is 0.123 e. The fourth-order valence-electron chi connectivity index (χ4n) is 1.30. The van der Waals surface area contributed by atoms with E-state index in [4.69, 9.17) is 0 Å². The number of carbonyl (C=O) groups excluding carboxylic acids is 1. The predicted octanol–water partition coefficient (Wildman–Crippen LogP) is 2.32. The average molecular weight is 138 g/mol. The van der Waals surface area contributed by atoms with Gasteiger partial charge in [0, 0.05) is 5.92 Å². The summed E-state index contributed by atoms with van der Waals surface area (Å²) >= 11 is 0. The third-order valence-corrected chi connectivity index (χ3v) is 1.99. The van der Waals surface area contributed by atoms with Crippen LogP contribution in [0.1, 0.15) is 32.1 Å². The van der Waals surface area contributed by atoms with Gasteiger partial charge in [0.15, 0.2) is 0 Å². The van der Waals surface area contributed by atoms with E-state index in [-0.39, 0.29) is 0 Å². The standard InChI is InChI=1S/C9H14O/c10-8-9-6-4-2-1-3-5-7-9/h2,4,8-9H,1,3,5-7H2/b4-2-. The molecule has 0 spiro atoms. The zero-order valence-electron chi connectivity index (χ0n) is 6.25. The predicted molar refractivity (Wildman–Crippen MR) is 41.8 cm³/mol. The van der Waals surface area contributed by atoms with Gasteiger partial charge in [0.2, 0.25) is 0 Å². The molecule has 10 heavy (non-hydrogen) atoms. The van der Waals surface area contributed by atoms with Crippen LogP contribution in [0.15, 0.2) is 12.2 Å². The fraction of sp³-hybridized carbons (Fsp3) is 0.667. The maximum Gasteiger partial charge on any atom is 0.123 e. The van der Waals surface area contributed by atoms with Crippen LogP contribution in [0.4, 0.5) is 0 Å². The van der Waals surface area contributed by atoms with Crippen LogP contribution in [0.25, 0.3) is 0 Å². The van der Waals surface area contributed by atoms with E-state index < -0.39 is 0 Å². The zero-order valence-corrected chi connectivity index (χ0v) is 6.25. The molecule has 0 bridgehead atoms. The van der Waals surface area contributed by atoms with E-state index in [1.165, 1.54) is 19.3 Å². The van der Waals surface area contributed by atoms with Crippen LogP contribution in [0.3, 0.4) is 0 Å². The number of hydrogen-bond donors (Lipinski definition) is 0. The summed E-state index contributed by atoms with van der Waals surface area (Å²) in [5.74, 6) is 0.302. The largest absolute Gasteiger partial charge is 0.303 e. The number of carbonyl (C=O) groups is 1. The third-order valence-electron chi connectivity index (χ3n) is 1.99. The first-order valence-corrected chi connectivity index (χ1v) is 4.04. The Bertz CT molecular complexity index is 127. The summed E-state index contributed by atoms with van der Waals surface area (Å²) in [4.78, 5) is 10.4. The highest BCUT2D eigenvalue weighted by Gasteiger charge is 2.05. The van der Waals surface area contributed by atoms with E-state index in [2.05, 4.69) is 12.2 Å². The Labute approximate surface area is 62.1 Å². The highest BCUT2D eigenvalue weighted by molar-refractivity contribution is 5.53. The van der Waals surface area contributed by atoms with Crippen molar-refractivity contribution in [3.63, 3.8) is 0 Å². The van der Waals surface area contributed by atoms with Crippen molar-refractivity contribution in [2.24, 2.45) is 5.92 Å². The van der Waals surface area contributed by atoms with Crippen molar-refractivity contribution in [1.29, 1.82) is 0 Å². The molecule has 1 nitrogen and oxygen atoms in total. The molecule has 0 heterocycles. The molecule has 0 saturated heterocycles. The molecule has 1 atom stereocenters. The van der Waals surface area contributed by atoms with Crippen molar-refractivity contribution in [1.82, 2.24) is 0 Å². The van der Waals surface area contributed by atoms with Gasteiger partial charge in [-0.25, -0.2) is 0 Å². The topological polar surface area (TPSA) is 17.1 Å². The van der Waals surface area contributed by atoms with Gasteiger partial charge in [-0.15, -0.1) is 0 Å². The molecule has 0 N–H and O–H groups in total. The highest BCUT2D eigenvalue weighted by Crippen LogP contribution is 2.15. The molecule has 0 fully saturated rings. The minimum absolute atomic E-state index is 0.302. The minimum Gasteiger partial charge on any atom is -0.303 e. The number of allylic oxidation sites excluding steroid dienone is 2. The van der Waals surface area contributed by atoms with Gasteiger partial charge >= 0.3 is 0 Å². The summed E-state index contributed by atoms with van der Waals surface area (Å²) in [6.07, 6.45) is 11.1. The van der Waals surface area contributed by atoms with Crippen LogP contribution in [0.2, 0.25) is 0 Å². The molecular weight excluding hydrogens is 124 g/mol. The molecule has 1 unspecified atom stereocenters. The molecule has 0 radical (unpaired) electrons. The molecule has 0 aromatic heterocycles. The van der Waals surface area contributed by atoms with E-state index in [0.717, 1.165) is 19.1 Å². The summed E-state index contributed by atoms with van der Waals surface area (Å²) in [7, 11) is 0. The Morgan fingerprint density at radius 2 is 2.20 bits per heavy atom. The summed E-state index contributed by atoms with van der Waals surface area (Å²) in [5, 5.41) is 0. The maximum absolute atomic E-state index is 10.4. The first kappa shape index (κ1) is 7.52. The summed E-state index contributed by atoms with van der Waals surface area (Å²) in [5.41, 5.74) is 0. The van der Waals surface area contributed by atoms with Gasteiger partial charge in [0.05, 0.1) is 0 Å². The van der Waals surface area contributed by atoms with Crippen LogP contribution >= 0.6 is 0 Å². The van der Waals surface area contributed by atoms with Gasteiger partial charge in [-0.3, -0.25) is 0 Å². The highest BCUT2D eigenvalue weighted by atomic mass is 16.1. The molecule has 1 heteroatoms. The van der Waals surface area contributed by atoms with Gasteiger partial charge in [-0.1, -0.05) is 18.6 Å². The van der Waals surface area contributed by atoms with E-state index in [1.54, 1.807) is 0 Å². The van der Waals surface area contributed by atoms with E-state index in [1.807, 2.05) is 0 Å². The van der Waals surface area contributed by atoms with Crippen molar-refractivity contribution in [2.45, 2.75) is 32.1 Å². The van der Waals surface area contributed by atoms with Crippen molar-refractivity contribution < 1.29 is 4.79 Å². The second-order valence-corrected chi connectivity index (χ2v) is 2.89. The van der Waals surface area contributed by atoms with E-state index >= 15 is 0 Å². The van der Waals surface area contributed by atoms with Crippen LogP contribution in [-0.4, -0.2) is 6.29 Å². The Morgan fingerprint density at radius 1 is 1.30 bits per heavy atom. The molecule has 56 valence electrons. The van der Waals surface area contributed by atoms with Gasteiger partial charge in [0.25, 0.3) is 0 Å². The second-order valence-electron chi connectivity index (χ2n) is 2.89. The summed E-state index contributed by atoms with van der Waals surface area (Å²) in [6, 6.07) is 0. The van der Waals surface area contributed by atoms with Crippen LogP contribution in [0.5, 0.6) is 0 Å². The molecule has 0 aromatic rings. The van der Waals surface area contributed by atoms with Crippen molar-refractivity contribution in [3.05, 3.63) is 12.2 Å². The van der Waals surface area contributed by atoms with Gasteiger partial charge in [-0.05, 0) is 25.7 Å². The number of hydrogen-bond acceptors (Lipinski definition) is 1. The van der Waals surface area contributed by atoms with Gasteiger partial charge in [0.1, 0.15) is 6.29 Å². The Hall–Kier alpha value is -0.590. The first-order valence-electron chi connectivity index (χ1n) is 4.04. The molecule has 0 aromatic carbocycles. The second kappa shape index (κ2) is 4.26. The molecular formula is C9H14O. The summed E-state index contributed by atoms with van der Waals surface area (Å²) < 4.78 is 0. The Balaban J connectivity index is 2.37. The molecule has 1 aliphatic carbocycles. The number of rotatable bonds is 1. The van der Waals surface area contributed by atoms with Crippen LogP contribution in [0, 0.1) is 5.92 Å². The lowest BCUT2D eigenvalue weighted by Crippen LogP contribution is -2.01. The monoisotopic (exact) mass is 138 g/mol. The minimum atomic E-state index is 0.302. The molecule has 0 saturated carbocycles. The summed E-state index contributed by atoms with van der Waals surface area (Å²) in [6.45, 7) is 0. The normalized spacial score (nSPS) is 30.2. The molecule has 1 rings (SSSR count). The number of aldehydes is 1. The van der Waals surface area contributed by atoms with Crippen LogP contribution < -0.4 is 0 Å². The third kappa shape index (κ3) is 2.34. The Kier molecular flexibility index (Phi) is 3.20. The molecule has 0 aliphatic heterocycles. The lowest BCUT2D eigenvalue weighted by Gasteiger charge is -2.08. The van der Waals surface area contributed by atoms with E-state index in [0.29, 0.717) is 5.92 Å². The fourth-order valence-corrected chi connectivity index (χ4v) is 1.30. The molecule has 0 amide bonds. The SMILES string of the molecule is O=CC1C/C=C\CCCC1. The van der Waals surface area contributed by atoms with Crippen molar-refractivity contribution >= 4 is 6.29 Å². The maximum atomic E-state index is 10.4. The van der Waals surface area contributed by atoms with Crippen molar-refractivity contribution in [3.8, 4) is 0 Å². The van der Waals surface area contributed by atoms with Gasteiger partial charge < -0.3 is 4.79 Å². The quantitative estimate of drug-likeness (QED) is 0.401. The lowest BCUT2D eigenvalue weighted by molar-refractivity contribution is -0.111. The van der Waals surface area contributed by atoms with E-state index in [9.17, 15) is 4.79 Å². The Morgan fingerprint density at radius 3 is 3.00 bits per heavy atom. The zero-order chi connectivity index (χ0) is 7.23. The van der Waals surface area contributed by atoms with Crippen molar-refractivity contribution in [2.75, 3.05) is 0 Å².